The zero-order chi connectivity index (χ0) is 16.5. The highest BCUT2D eigenvalue weighted by molar-refractivity contribution is 5.95. The zero-order valence-corrected chi connectivity index (χ0v) is 15.3. The van der Waals surface area contributed by atoms with Crippen LogP contribution in [0.1, 0.15) is 16.8 Å². The first-order valence-electron chi connectivity index (χ1n) is 8.29. The van der Waals surface area contributed by atoms with Gasteiger partial charge in [-0.2, -0.15) is 0 Å². The number of aryl methyl sites for hydroxylation is 1. The number of fused-ring (bicyclic) bond motifs is 1. The second kappa shape index (κ2) is 7.12. The number of benzene rings is 2. The van der Waals surface area contributed by atoms with E-state index in [2.05, 4.69) is 79.1 Å². The van der Waals surface area contributed by atoms with Crippen molar-refractivity contribution >= 4 is 23.3 Å². The van der Waals surface area contributed by atoms with E-state index < -0.39 is 0 Å². The Bertz CT molecular complexity index is 989. The molecule has 0 bridgehead atoms. The third-order valence-electron chi connectivity index (χ3n) is 4.78. The molecule has 25 heavy (non-hydrogen) atoms. The van der Waals surface area contributed by atoms with Crippen LogP contribution in [0, 0.1) is 13.8 Å². The van der Waals surface area contributed by atoms with Gasteiger partial charge in [0.25, 0.3) is 0 Å². The second-order valence-corrected chi connectivity index (χ2v) is 6.20. The maximum Gasteiger partial charge on any atom is 0.0945 e. The summed E-state index contributed by atoms with van der Waals surface area (Å²) >= 11 is 0. The fraction of sp³-hybridized carbons (Fsp3) is 0.136. The lowest BCUT2D eigenvalue weighted by Gasteiger charge is -2.11. The Hall–Kier alpha value is -2.58. The molecule has 4 rings (SSSR count). The number of hydrogen-bond acceptors (Lipinski definition) is 1. The Morgan fingerprint density at radius 1 is 0.840 bits per heavy atom. The lowest BCUT2D eigenvalue weighted by atomic mass is 10.1. The third-order valence-corrected chi connectivity index (χ3v) is 4.78. The normalized spacial score (nSPS) is 10.6. The number of rotatable bonds is 3. The number of aromatic nitrogens is 2. The van der Waals surface area contributed by atoms with E-state index >= 15 is 0 Å². The summed E-state index contributed by atoms with van der Waals surface area (Å²) in [6.07, 6.45) is 1.92. The summed E-state index contributed by atoms with van der Waals surface area (Å²) in [5, 5.41) is 1.29. The lowest BCUT2D eigenvalue weighted by Crippen LogP contribution is -2.03. The minimum atomic E-state index is 0. The molecule has 126 valence electrons. The number of nitrogens with zero attached hydrogens (tertiary/aromatic N) is 2. The summed E-state index contributed by atoms with van der Waals surface area (Å²) in [5.74, 6) is 0. The molecular weight excluding hydrogens is 328 g/mol. The summed E-state index contributed by atoms with van der Waals surface area (Å²) in [7, 11) is 0. The molecule has 2 aromatic carbocycles. The van der Waals surface area contributed by atoms with Crippen LogP contribution in [0.2, 0.25) is 0 Å². The molecule has 0 unspecified atom stereocenters. The first kappa shape index (κ1) is 17.2. The van der Waals surface area contributed by atoms with E-state index in [1.54, 1.807) is 0 Å². The standard InChI is InChI=1S/C22H20N2.ClH/c1-16-17(2)24(15-18-9-5-3-6-10-18)22-20(16)13-14-23-21(22)19-11-7-4-8-12-19;/h3-14H,15H2,1-2H3;1H. The van der Waals surface area contributed by atoms with Crippen molar-refractivity contribution in [2.24, 2.45) is 0 Å². The van der Waals surface area contributed by atoms with Crippen molar-refractivity contribution in [2.45, 2.75) is 20.4 Å². The van der Waals surface area contributed by atoms with E-state index in [9.17, 15) is 0 Å². The van der Waals surface area contributed by atoms with Crippen LogP contribution in [-0.2, 0) is 6.54 Å². The predicted molar refractivity (Wildman–Crippen MR) is 107 cm³/mol. The maximum absolute atomic E-state index is 4.71. The quantitative estimate of drug-likeness (QED) is 0.458. The highest BCUT2D eigenvalue weighted by Crippen LogP contribution is 2.32. The van der Waals surface area contributed by atoms with E-state index in [-0.39, 0.29) is 12.4 Å². The minimum Gasteiger partial charge on any atom is -0.338 e. The van der Waals surface area contributed by atoms with Crippen LogP contribution in [-0.4, -0.2) is 9.55 Å². The molecule has 2 nitrogen and oxygen atoms in total. The molecule has 2 heterocycles. The molecule has 0 saturated heterocycles. The predicted octanol–water partition coefficient (Wildman–Crippen LogP) is 5.79. The van der Waals surface area contributed by atoms with Gasteiger partial charge >= 0.3 is 0 Å². The summed E-state index contributed by atoms with van der Waals surface area (Å²) < 4.78 is 2.40. The van der Waals surface area contributed by atoms with Gasteiger partial charge in [-0.1, -0.05) is 60.7 Å². The van der Waals surface area contributed by atoms with Crippen LogP contribution in [0.25, 0.3) is 22.2 Å². The van der Waals surface area contributed by atoms with Crippen molar-refractivity contribution in [1.82, 2.24) is 9.55 Å². The van der Waals surface area contributed by atoms with Crippen molar-refractivity contribution in [2.75, 3.05) is 0 Å². The molecule has 0 aliphatic carbocycles. The van der Waals surface area contributed by atoms with E-state index in [1.165, 1.54) is 27.7 Å². The Kier molecular flexibility index (Phi) is 4.91. The molecule has 0 atom stereocenters. The van der Waals surface area contributed by atoms with Crippen LogP contribution in [0.3, 0.4) is 0 Å². The summed E-state index contributed by atoms with van der Waals surface area (Å²) in [6, 6.07) is 23.2. The topological polar surface area (TPSA) is 17.8 Å². The van der Waals surface area contributed by atoms with Gasteiger partial charge in [-0.25, -0.2) is 0 Å². The van der Waals surface area contributed by atoms with E-state index in [1.807, 2.05) is 12.3 Å². The Labute approximate surface area is 154 Å². The van der Waals surface area contributed by atoms with Crippen molar-refractivity contribution in [1.29, 1.82) is 0 Å². The third kappa shape index (κ3) is 3.06. The van der Waals surface area contributed by atoms with Crippen LogP contribution in [0.5, 0.6) is 0 Å². The number of halogens is 1. The molecule has 0 spiro atoms. The number of pyridine rings is 1. The largest absolute Gasteiger partial charge is 0.338 e. The Morgan fingerprint density at radius 2 is 1.48 bits per heavy atom. The van der Waals surface area contributed by atoms with E-state index in [4.69, 9.17) is 4.98 Å². The first-order chi connectivity index (χ1) is 11.8. The van der Waals surface area contributed by atoms with Gasteiger partial charge in [0.05, 0.1) is 11.2 Å². The average Bonchev–Trinajstić information content (AvgIpc) is 2.88. The van der Waals surface area contributed by atoms with Crippen molar-refractivity contribution < 1.29 is 0 Å². The first-order valence-corrected chi connectivity index (χ1v) is 8.29. The fourth-order valence-electron chi connectivity index (χ4n) is 3.37. The SMILES string of the molecule is Cc1c(C)n(Cc2ccccc2)c2c(-c3ccccc3)nccc12.Cl. The molecule has 4 aromatic rings. The summed E-state index contributed by atoms with van der Waals surface area (Å²) in [6.45, 7) is 5.27. The van der Waals surface area contributed by atoms with Gasteiger partial charge < -0.3 is 4.57 Å². The fourth-order valence-corrected chi connectivity index (χ4v) is 3.37. The highest BCUT2D eigenvalue weighted by Gasteiger charge is 2.16. The second-order valence-electron chi connectivity index (χ2n) is 6.20. The van der Waals surface area contributed by atoms with Crippen LogP contribution < -0.4 is 0 Å². The van der Waals surface area contributed by atoms with Gasteiger partial charge in [0, 0.05) is 29.4 Å². The van der Waals surface area contributed by atoms with Gasteiger partial charge in [0.2, 0.25) is 0 Å². The molecule has 0 aliphatic rings. The molecule has 0 fully saturated rings. The van der Waals surface area contributed by atoms with Crippen molar-refractivity contribution in [3.63, 3.8) is 0 Å². The molecule has 0 saturated carbocycles. The van der Waals surface area contributed by atoms with Gasteiger partial charge in [-0.15, -0.1) is 12.4 Å². The van der Waals surface area contributed by atoms with Gasteiger partial charge in [0.15, 0.2) is 0 Å². The molecule has 2 aromatic heterocycles. The van der Waals surface area contributed by atoms with Crippen LogP contribution >= 0.6 is 12.4 Å². The maximum atomic E-state index is 4.71. The molecule has 3 heteroatoms. The van der Waals surface area contributed by atoms with Gasteiger partial charge in [-0.3, -0.25) is 4.98 Å². The van der Waals surface area contributed by atoms with Crippen molar-refractivity contribution in [3.8, 4) is 11.3 Å². The molecule has 0 amide bonds. The average molecular weight is 349 g/mol. The Morgan fingerprint density at radius 3 is 2.16 bits per heavy atom. The number of hydrogen-bond donors (Lipinski definition) is 0. The monoisotopic (exact) mass is 348 g/mol. The summed E-state index contributed by atoms with van der Waals surface area (Å²) in [4.78, 5) is 4.71. The molecule has 0 aliphatic heterocycles. The van der Waals surface area contributed by atoms with Gasteiger partial charge in [-0.05, 0) is 31.0 Å². The molecule has 0 N–H and O–H groups in total. The van der Waals surface area contributed by atoms with E-state index in [0.717, 1.165) is 17.8 Å². The Balaban J connectivity index is 0.00000182. The summed E-state index contributed by atoms with van der Waals surface area (Å²) in [5.41, 5.74) is 7.39. The van der Waals surface area contributed by atoms with Crippen LogP contribution in [0.15, 0.2) is 72.9 Å². The zero-order valence-electron chi connectivity index (χ0n) is 14.4. The molecular formula is C22H21ClN2. The van der Waals surface area contributed by atoms with E-state index in [0.29, 0.717) is 0 Å². The van der Waals surface area contributed by atoms with Crippen molar-refractivity contribution in [3.05, 3.63) is 89.7 Å². The smallest absolute Gasteiger partial charge is 0.0945 e. The van der Waals surface area contributed by atoms with Gasteiger partial charge in [0.1, 0.15) is 0 Å². The highest BCUT2D eigenvalue weighted by atomic mass is 35.5. The lowest BCUT2D eigenvalue weighted by molar-refractivity contribution is 0.800. The minimum absolute atomic E-state index is 0. The van der Waals surface area contributed by atoms with Crippen LogP contribution in [0.4, 0.5) is 0 Å². The molecule has 0 radical (unpaired) electrons.